The fraction of sp³-hybridized carbons (Fsp3) is 0.385. The predicted octanol–water partition coefficient (Wildman–Crippen LogP) is 4.25. The summed E-state index contributed by atoms with van der Waals surface area (Å²) in [6, 6.07) is 4.99. The van der Waals surface area contributed by atoms with Crippen molar-refractivity contribution in [2.45, 2.75) is 30.6 Å². The minimum atomic E-state index is -0.323. The number of unbranched alkanes of at least 4 members (excludes halogenated alkanes) is 3. The van der Waals surface area contributed by atoms with Crippen molar-refractivity contribution in [2.75, 3.05) is 11.5 Å². The molecule has 0 bridgehead atoms. The molecule has 1 rings (SSSR count). The van der Waals surface area contributed by atoms with Crippen LogP contribution in [0.25, 0.3) is 0 Å². The summed E-state index contributed by atoms with van der Waals surface area (Å²) in [5.74, 6) is 0.706. The predicted molar refractivity (Wildman–Crippen MR) is 70.2 cm³/mol. The van der Waals surface area contributed by atoms with E-state index in [-0.39, 0.29) is 11.5 Å². The van der Waals surface area contributed by atoms with Gasteiger partial charge < -0.3 is 5.73 Å². The van der Waals surface area contributed by atoms with Crippen molar-refractivity contribution in [1.82, 2.24) is 0 Å². The Labute approximate surface area is 101 Å². The summed E-state index contributed by atoms with van der Waals surface area (Å²) in [4.78, 5) is 0.954. The van der Waals surface area contributed by atoms with Crippen molar-refractivity contribution in [3.05, 3.63) is 36.7 Å². The van der Waals surface area contributed by atoms with E-state index in [4.69, 9.17) is 5.73 Å². The lowest BCUT2D eigenvalue weighted by Crippen LogP contribution is -1.90. The first-order chi connectivity index (χ1) is 7.74. The minimum Gasteiger partial charge on any atom is -0.396 e. The Morgan fingerprint density at radius 1 is 1.31 bits per heavy atom. The largest absolute Gasteiger partial charge is 0.396 e. The van der Waals surface area contributed by atoms with Gasteiger partial charge in [-0.05, 0) is 43.2 Å². The van der Waals surface area contributed by atoms with E-state index in [1.54, 1.807) is 17.8 Å². The van der Waals surface area contributed by atoms with E-state index in [0.717, 1.165) is 23.5 Å². The molecule has 88 valence electrons. The SMILES string of the molecule is C=CCCCCCSc1ccc(N)c(F)c1. The number of nitrogen functional groups attached to an aromatic ring is 1. The van der Waals surface area contributed by atoms with Gasteiger partial charge in [0.05, 0.1) is 5.69 Å². The van der Waals surface area contributed by atoms with E-state index in [1.165, 1.54) is 18.9 Å². The topological polar surface area (TPSA) is 26.0 Å². The number of hydrogen-bond acceptors (Lipinski definition) is 2. The molecular formula is C13H18FNS. The minimum absolute atomic E-state index is 0.218. The van der Waals surface area contributed by atoms with Gasteiger partial charge in [-0.2, -0.15) is 0 Å². The molecule has 0 radical (unpaired) electrons. The zero-order valence-electron chi connectivity index (χ0n) is 9.42. The van der Waals surface area contributed by atoms with Crippen LogP contribution < -0.4 is 5.73 Å². The number of anilines is 1. The lowest BCUT2D eigenvalue weighted by Gasteiger charge is -2.03. The number of nitrogens with two attached hydrogens (primary N) is 1. The van der Waals surface area contributed by atoms with Crippen molar-refractivity contribution < 1.29 is 4.39 Å². The van der Waals surface area contributed by atoms with E-state index in [2.05, 4.69) is 6.58 Å². The molecule has 0 aliphatic rings. The van der Waals surface area contributed by atoms with Gasteiger partial charge in [-0.15, -0.1) is 18.3 Å². The van der Waals surface area contributed by atoms with Crippen LogP contribution in [0.5, 0.6) is 0 Å². The molecule has 0 atom stereocenters. The molecule has 0 aromatic heterocycles. The molecule has 0 aliphatic carbocycles. The second-order valence-electron chi connectivity index (χ2n) is 3.67. The Balaban J connectivity index is 2.21. The smallest absolute Gasteiger partial charge is 0.147 e. The highest BCUT2D eigenvalue weighted by Crippen LogP contribution is 2.23. The van der Waals surface area contributed by atoms with Crippen LogP contribution in [0.4, 0.5) is 10.1 Å². The summed E-state index contributed by atoms with van der Waals surface area (Å²) >= 11 is 1.68. The van der Waals surface area contributed by atoms with Crippen LogP contribution in [0.15, 0.2) is 35.7 Å². The van der Waals surface area contributed by atoms with Gasteiger partial charge in [-0.25, -0.2) is 4.39 Å². The normalized spacial score (nSPS) is 10.3. The van der Waals surface area contributed by atoms with Gasteiger partial charge in [0.2, 0.25) is 0 Å². The summed E-state index contributed by atoms with van der Waals surface area (Å²) in [6.45, 7) is 3.69. The van der Waals surface area contributed by atoms with Gasteiger partial charge in [0, 0.05) is 4.90 Å². The number of halogens is 1. The monoisotopic (exact) mass is 239 g/mol. The van der Waals surface area contributed by atoms with Crippen LogP contribution in [0.2, 0.25) is 0 Å². The third-order valence-electron chi connectivity index (χ3n) is 2.29. The van der Waals surface area contributed by atoms with E-state index >= 15 is 0 Å². The summed E-state index contributed by atoms with van der Waals surface area (Å²) < 4.78 is 13.1. The molecule has 1 nitrogen and oxygen atoms in total. The molecule has 1 aromatic rings. The molecule has 16 heavy (non-hydrogen) atoms. The maximum atomic E-state index is 13.1. The molecule has 0 saturated carbocycles. The van der Waals surface area contributed by atoms with Crippen molar-refractivity contribution in [1.29, 1.82) is 0 Å². The summed E-state index contributed by atoms with van der Waals surface area (Å²) in [5, 5.41) is 0. The molecular weight excluding hydrogens is 221 g/mol. The Hall–Kier alpha value is -0.960. The summed E-state index contributed by atoms with van der Waals surface area (Å²) in [6.07, 6.45) is 6.59. The first-order valence-corrected chi connectivity index (χ1v) is 6.51. The Morgan fingerprint density at radius 2 is 2.12 bits per heavy atom. The third kappa shape index (κ3) is 4.71. The highest BCUT2D eigenvalue weighted by Gasteiger charge is 2.00. The van der Waals surface area contributed by atoms with Gasteiger partial charge in [0.15, 0.2) is 0 Å². The lowest BCUT2D eigenvalue weighted by molar-refractivity contribution is 0.629. The maximum Gasteiger partial charge on any atom is 0.147 e. The van der Waals surface area contributed by atoms with Crippen molar-refractivity contribution in [3.8, 4) is 0 Å². The average Bonchev–Trinajstić information content (AvgIpc) is 2.28. The van der Waals surface area contributed by atoms with E-state index in [9.17, 15) is 4.39 Å². The zero-order valence-corrected chi connectivity index (χ0v) is 10.2. The first-order valence-electron chi connectivity index (χ1n) is 5.52. The summed E-state index contributed by atoms with van der Waals surface area (Å²) in [7, 11) is 0. The first kappa shape index (κ1) is 13.1. The van der Waals surface area contributed by atoms with Crippen molar-refractivity contribution in [3.63, 3.8) is 0 Å². The Morgan fingerprint density at radius 3 is 2.81 bits per heavy atom. The quantitative estimate of drug-likeness (QED) is 0.333. The molecule has 3 heteroatoms. The lowest BCUT2D eigenvalue weighted by atomic mass is 10.2. The van der Waals surface area contributed by atoms with Crippen LogP contribution in [0.3, 0.4) is 0 Å². The molecule has 1 aromatic carbocycles. The molecule has 0 saturated heterocycles. The maximum absolute atomic E-state index is 13.1. The number of thioether (sulfide) groups is 1. The van der Waals surface area contributed by atoms with E-state index < -0.39 is 0 Å². The van der Waals surface area contributed by atoms with Gasteiger partial charge in [0.25, 0.3) is 0 Å². The number of allylic oxidation sites excluding steroid dienone is 1. The van der Waals surface area contributed by atoms with Gasteiger partial charge in [0.1, 0.15) is 5.82 Å². The second kappa shape index (κ2) is 7.34. The fourth-order valence-corrected chi connectivity index (χ4v) is 2.29. The van der Waals surface area contributed by atoms with Crippen LogP contribution in [0, 0.1) is 5.82 Å². The van der Waals surface area contributed by atoms with Crippen molar-refractivity contribution in [2.24, 2.45) is 0 Å². The molecule has 0 amide bonds. The number of rotatable bonds is 7. The van der Waals surface area contributed by atoms with Crippen LogP contribution in [-0.2, 0) is 0 Å². The standard InChI is InChI=1S/C13H18FNS/c1-2-3-4-5-6-9-16-11-7-8-13(15)12(14)10-11/h2,7-8,10H,1,3-6,9,15H2. The molecule has 0 fully saturated rings. The average molecular weight is 239 g/mol. The molecule has 0 aliphatic heterocycles. The van der Waals surface area contributed by atoms with Crippen LogP contribution >= 0.6 is 11.8 Å². The molecule has 2 N–H and O–H groups in total. The molecule has 0 unspecified atom stereocenters. The van der Waals surface area contributed by atoms with Crippen LogP contribution in [0.1, 0.15) is 25.7 Å². The van der Waals surface area contributed by atoms with E-state index in [0.29, 0.717) is 0 Å². The molecule has 0 spiro atoms. The van der Waals surface area contributed by atoms with Gasteiger partial charge in [-0.3, -0.25) is 0 Å². The third-order valence-corrected chi connectivity index (χ3v) is 3.37. The Kier molecular flexibility index (Phi) is 6.01. The number of hydrogen-bond donors (Lipinski definition) is 1. The zero-order chi connectivity index (χ0) is 11.8. The Bertz CT molecular complexity index is 339. The summed E-state index contributed by atoms with van der Waals surface area (Å²) in [5.41, 5.74) is 5.62. The van der Waals surface area contributed by atoms with Crippen LogP contribution in [-0.4, -0.2) is 5.75 Å². The highest BCUT2D eigenvalue weighted by atomic mass is 32.2. The number of benzene rings is 1. The van der Waals surface area contributed by atoms with Gasteiger partial charge in [-0.1, -0.05) is 12.5 Å². The van der Waals surface area contributed by atoms with E-state index in [1.807, 2.05) is 12.1 Å². The van der Waals surface area contributed by atoms with Crippen molar-refractivity contribution >= 4 is 17.4 Å². The molecule has 0 heterocycles. The fourth-order valence-electron chi connectivity index (χ4n) is 1.36. The highest BCUT2D eigenvalue weighted by molar-refractivity contribution is 7.99. The second-order valence-corrected chi connectivity index (χ2v) is 4.84. The van der Waals surface area contributed by atoms with Gasteiger partial charge >= 0.3 is 0 Å².